The highest BCUT2D eigenvalue weighted by Gasteiger charge is 2.46. The van der Waals surface area contributed by atoms with Gasteiger partial charge in [0.15, 0.2) is 11.6 Å². The molecule has 65 heavy (non-hydrogen) atoms. The third kappa shape index (κ3) is 11.7. The number of methoxy groups -OCH3 is 1. The van der Waals surface area contributed by atoms with E-state index in [1.165, 1.54) is 36.4 Å². The minimum Gasteiger partial charge on any atom is -0.385 e. The first-order chi connectivity index (χ1) is 31.2. The summed E-state index contributed by atoms with van der Waals surface area (Å²) >= 11 is 0. The van der Waals surface area contributed by atoms with Gasteiger partial charge in [-0.05, 0) is 129 Å². The number of hydrogen-bond donors (Lipinski definition) is 4. The number of carbonyl (C=O) groups is 3. The van der Waals surface area contributed by atoms with Crippen molar-refractivity contribution in [3.63, 3.8) is 0 Å². The fourth-order valence-corrected chi connectivity index (χ4v) is 9.35. The van der Waals surface area contributed by atoms with Crippen LogP contribution in [0.25, 0.3) is 0 Å². The maximum atomic E-state index is 14.0. The Kier molecular flexibility index (Phi) is 16.7. The van der Waals surface area contributed by atoms with E-state index in [-0.39, 0.29) is 46.1 Å². The second-order valence-corrected chi connectivity index (χ2v) is 17.5. The monoisotopic (exact) mass is 901 g/mol. The molecule has 2 saturated heterocycles. The Labute approximate surface area is 380 Å². The Bertz CT molecular complexity index is 2300. The van der Waals surface area contributed by atoms with E-state index < -0.39 is 5.82 Å². The number of nitrogens with one attached hydrogen (secondary N) is 3. The van der Waals surface area contributed by atoms with E-state index >= 15 is 0 Å². The van der Waals surface area contributed by atoms with Gasteiger partial charge < -0.3 is 41.1 Å². The standard InChI is InChI=1S/C26H31F2N3O3.C14H17FN2O.C10H15FN2/c1-30-23-8-6-20(27)15-21(23)24(32)16-26(30)9-11-31(12-10-26)25(33)29-17-18-5-7-22(28)19(14-18)4-3-13-34-2;1-17-12-3-2-10(15)8-11(12)13(18)9-14(17)4-6-16-7-5-14;1-2-5-13-10-6-8(7-12)3-4-9(10)11/h5-8,14-15H,3-4,9-13,16-17H2,1-2H3,(H,29,33);2-3,8,16H,4-7,9H2,1H3;3-4,6,13H,2,5,7,12H2,1H3. The molecule has 0 unspecified atom stereocenters. The number of amides is 2. The molecule has 0 aliphatic carbocycles. The zero-order valence-corrected chi connectivity index (χ0v) is 38.0. The second kappa shape index (κ2) is 22.1. The normalized spacial score (nSPS) is 17.1. The molecule has 350 valence electrons. The lowest BCUT2D eigenvalue weighted by molar-refractivity contribution is 0.0887. The van der Waals surface area contributed by atoms with Crippen molar-refractivity contribution in [3.05, 3.63) is 124 Å². The lowest BCUT2D eigenvalue weighted by Crippen LogP contribution is -2.59. The van der Waals surface area contributed by atoms with Crippen molar-refractivity contribution in [1.29, 1.82) is 0 Å². The predicted molar refractivity (Wildman–Crippen MR) is 248 cm³/mol. The van der Waals surface area contributed by atoms with Crippen LogP contribution in [0.5, 0.6) is 0 Å². The number of hydrogen-bond acceptors (Lipinski definition) is 9. The van der Waals surface area contributed by atoms with Crippen molar-refractivity contribution in [2.75, 3.05) is 75.7 Å². The largest absolute Gasteiger partial charge is 0.385 e. The highest BCUT2D eigenvalue weighted by molar-refractivity contribution is 6.05. The molecule has 5 N–H and O–H groups in total. The quantitative estimate of drug-likeness (QED) is 0.0916. The van der Waals surface area contributed by atoms with Gasteiger partial charge in [-0.25, -0.2) is 22.4 Å². The minimum atomic E-state index is -0.411. The number of ketones is 2. The Morgan fingerprint density at radius 2 is 1.34 bits per heavy atom. The number of aryl methyl sites for hydroxylation is 1. The molecule has 8 rings (SSSR count). The molecule has 0 radical (unpaired) electrons. The van der Waals surface area contributed by atoms with Gasteiger partial charge in [0.25, 0.3) is 0 Å². The summed E-state index contributed by atoms with van der Waals surface area (Å²) in [5.74, 6) is -1.19. The van der Waals surface area contributed by atoms with Crippen LogP contribution in [0.3, 0.4) is 0 Å². The van der Waals surface area contributed by atoms with E-state index in [4.69, 9.17) is 10.5 Å². The number of anilines is 3. The average molecular weight is 902 g/mol. The maximum Gasteiger partial charge on any atom is 0.317 e. The number of urea groups is 1. The van der Waals surface area contributed by atoms with E-state index in [1.807, 2.05) is 21.0 Å². The number of Topliss-reactive ketones (excluding diaryl/α,β-unsaturated/α-hetero) is 2. The van der Waals surface area contributed by atoms with Crippen LogP contribution >= 0.6 is 0 Å². The van der Waals surface area contributed by atoms with Crippen molar-refractivity contribution in [2.45, 2.75) is 88.9 Å². The summed E-state index contributed by atoms with van der Waals surface area (Å²) in [7, 11) is 5.58. The number of nitrogens with two attached hydrogens (primary N) is 1. The highest BCUT2D eigenvalue weighted by atomic mass is 19.1. The maximum absolute atomic E-state index is 14.0. The number of benzene rings is 4. The fourth-order valence-electron chi connectivity index (χ4n) is 9.35. The molecule has 2 fully saturated rings. The first kappa shape index (κ1) is 48.9. The van der Waals surface area contributed by atoms with Crippen molar-refractivity contribution in [3.8, 4) is 0 Å². The molecule has 2 spiro atoms. The molecule has 0 atom stereocenters. The molecular weight excluding hydrogens is 839 g/mol. The topological polar surface area (TPSA) is 132 Å². The summed E-state index contributed by atoms with van der Waals surface area (Å²) in [5, 5.41) is 9.27. The summed E-state index contributed by atoms with van der Waals surface area (Å²) in [6, 6.07) is 18.5. The van der Waals surface area contributed by atoms with E-state index in [1.54, 1.807) is 48.4 Å². The average Bonchev–Trinajstić information content (AvgIpc) is 3.31. The number of halogens is 4. The van der Waals surface area contributed by atoms with Crippen LogP contribution in [0, 0.1) is 23.3 Å². The molecule has 4 aliphatic heterocycles. The van der Waals surface area contributed by atoms with Gasteiger partial charge in [-0.3, -0.25) is 9.59 Å². The van der Waals surface area contributed by atoms with E-state index in [9.17, 15) is 31.9 Å². The fraction of sp³-hybridized carbons (Fsp3) is 0.460. The summed E-state index contributed by atoms with van der Waals surface area (Å²) in [6.45, 7) is 7.07. The smallest absolute Gasteiger partial charge is 0.317 e. The molecule has 15 heteroatoms. The van der Waals surface area contributed by atoms with Gasteiger partial charge in [-0.2, -0.15) is 0 Å². The molecule has 2 amide bonds. The van der Waals surface area contributed by atoms with Gasteiger partial charge in [0, 0.05) is 101 Å². The molecule has 11 nitrogen and oxygen atoms in total. The van der Waals surface area contributed by atoms with Crippen molar-refractivity contribution >= 4 is 34.7 Å². The first-order valence-corrected chi connectivity index (χ1v) is 22.6. The SMILES string of the molecule is CCCNc1cc(CN)ccc1F.CN1c2ccc(F)cc2C(=O)CC12CCNCC2.COCCCc1cc(CNC(=O)N2CCC3(CC2)CC(=O)c2cc(F)ccc2N3C)ccc1F. The van der Waals surface area contributed by atoms with Crippen molar-refractivity contribution in [1.82, 2.24) is 15.5 Å². The third-order valence-electron chi connectivity index (χ3n) is 13.3. The molecule has 4 aromatic rings. The van der Waals surface area contributed by atoms with Gasteiger partial charge in [-0.15, -0.1) is 0 Å². The first-order valence-electron chi connectivity index (χ1n) is 22.6. The summed E-state index contributed by atoms with van der Waals surface area (Å²) in [4.78, 5) is 43.8. The van der Waals surface area contributed by atoms with Gasteiger partial charge in [0.05, 0.1) is 11.2 Å². The lowest BCUT2D eigenvalue weighted by Gasteiger charge is -2.50. The molecule has 0 bridgehead atoms. The van der Waals surface area contributed by atoms with Crippen LogP contribution < -0.4 is 31.5 Å². The predicted octanol–water partition coefficient (Wildman–Crippen LogP) is 8.39. The molecular formula is C50H63F4N7O4. The number of carbonyl (C=O) groups excluding carboxylic acids is 3. The van der Waals surface area contributed by atoms with Crippen molar-refractivity contribution < 1.29 is 36.7 Å². The molecule has 4 aliphatic rings. The van der Waals surface area contributed by atoms with Crippen LogP contribution in [-0.4, -0.2) is 94.1 Å². The van der Waals surface area contributed by atoms with E-state index in [0.29, 0.717) is 87.3 Å². The number of ether oxygens (including phenoxy) is 1. The van der Waals surface area contributed by atoms with Crippen molar-refractivity contribution in [2.24, 2.45) is 5.73 Å². The van der Waals surface area contributed by atoms with Crippen LogP contribution in [0.4, 0.5) is 39.4 Å². The molecule has 4 aromatic carbocycles. The number of fused-ring (bicyclic) bond motifs is 2. The minimum absolute atomic E-state index is 0.0527. The van der Waals surface area contributed by atoms with Gasteiger partial charge >= 0.3 is 6.03 Å². The Morgan fingerprint density at radius 1 is 0.769 bits per heavy atom. The van der Waals surface area contributed by atoms with E-state index in [2.05, 4.69) is 25.8 Å². The van der Waals surface area contributed by atoms with Crippen LogP contribution in [0.15, 0.2) is 72.8 Å². The number of likely N-dealkylation sites (tertiary alicyclic amines) is 1. The third-order valence-corrected chi connectivity index (χ3v) is 13.3. The number of piperidine rings is 2. The molecule has 0 aromatic heterocycles. The Morgan fingerprint density at radius 3 is 1.91 bits per heavy atom. The van der Waals surface area contributed by atoms with Gasteiger partial charge in [-0.1, -0.05) is 25.1 Å². The number of nitrogens with zero attached hydrogens (tertiary/aromatic N) is 3. The summed E-state index contributed by atoms with van der Waals surface area (Å²) in [5.41, 5.74) is 10.5. The highest BCUT2D eigenvalue weighted by Crippen LogP contribution is 2.43. The summed E-state index contributed by atoms with van der Waals surface area (Å²) < 4.78 is 59.1. The van der Waals surface area contributed by atoms with Gasteiger partial charge in [0.1, 0.15) is 23.3 Å². The lowest BCUT2D eigenvalue weighted by atomic mass is 9.77. The second-order valence-electron chi connectivity index (χ2n) is 17.5. The molecule has 4 heterocycles. The Balaban J connectivity index is 0.000000187. The Hall–Kier alpha value is -5.51. The molecule has 0 saturated carbocycles. The van der Waals surface area contributed by atoms with Crippen LogP contribution in [-0.2, 0) is 24.2 Å². The van der Waals surface area contributed by atoms with Crippen LogP contribution in [0.1, 0.15) is 95.7 Å². The zero-order valence-electron chi connectivity index (χ0n) is 38.0. The zero-order chi connectivity index (χ0) is 46.7. The van der Waals surface area contributed by atoms with E-state index in [0.717, 1.165) is 67.8 Å². The summed E-state index contributed by atoms with van der Waals surface area (Å²) in [6.07, 6.45) is 6.34. The van der Waals surface area contributed by atoms with Gasteiger partial charge in [0.2, 0.25) is 0 Å². The number of rotatable bonds is 10. The van der Waals surface area contributed by atoms with Crippen LogP contribution in [0.2, 0.25) is 0 Å².